The molecule has 1 aliphatic heterocycles. The van der Waals surface area contributed by atoms with Crippen molar-refractivity contribution in [1.29, 1.82) is 0 Å². The van der Waals surface area contributed by atoms with E-state index < -0.39 is 0 Å². The van der Waals surface area contributed by atoms with Crippen LogP contribution in [0.5, 0.6) is 0 Å². The van der Waals surface area contributed by atoms with E-state index in [1.54, 1.807) is 24.1 Å². The number of allylic oxidation sites excluding steroid dienone is 1. The lowest BCUT2D eigenvalue weighted by Crippen LogP contribution is -2.00. The highest BCUT2D eigenvalue weighted by atomic mass is 35.5. The molecule has 0 radical (unpaired) electrons. The number of halogens is 1. The lowest BCUT2D eigenvalue weighted by atomic mass is 10.1. The normalized spacial score (nSPS) is 13.9. The van der Waals surface area contributed by atoms with Gasteiger partial charge in [0.25, 0.3) is 0 Å². The Balaban J connectivity index is 2.37. The van der Waals surface area contributed by atoms with Gasteiger partial charge in [-0.3, -0.25) is 4.68 Å². The van der Waals surface area contributed by atoms with Crippen LogP contribution < -0.4 is 5.73 Å². The molecule has 0 bridgehead atoms. The summed E-state index contributed by atoms with van der Waals surface area (Å²) in [5, 5.41) is 5.05. The summed E-state index contributed by atoms with van der Waals surface area (Å²) in [7, 11) is 1.78. The molecule has 0 atom stereocenters. The van der Waals surface area contributed by atoms with Crippen LogP contribution in [0.2, 0.25) is 5.28 Å². The Kier molecular flexibility index (Phi) is 2.28. The van der Waals surface area contributed by atoms with Gasteiger partial charge in [0.15, 0.2) is 11.5 Å². The van der Waals surface area contributed by atoms with Crippen LogP contribution in [0.3, 0.4) is 0 Å². The molecule has 0 saturated heterocycles. The first-order valence-corrected chi connectivity index (χ1v) is 5.44. The van der Waals surface area contributed by atoms with Gasteiger partial charge in [-0.1, -0.05) is 5.73 Å². The molecule has 0 fully saturated rings. The van der Waals surface area contributed by atoms with Crippen LogP contribution in [0.25, 0.3) is 16.6 Å². The van der Waals surface area contributed by atoms with E-state index in [1.165, 1.54) is 0 Å². The van der Waals surface area contributed by atoms with E-state index >= 15 is 0 Å². The van der Waals surface area contributed by atoms with Crippen molar-refractivity contribution in [2.75, 3.05) is 0 Å². The molecule has 3 rings (SSSR count). The number of nitrogens with zero attached hydrogens (tertiary/aromatic N) is 5. The minimum absolute atomic E-state index is 0.145. The third-order valence-electron chi connectivity index (χ3n) is 2.48. The number of hydrogen-bond donors (Lipinski definition) is 1. The molecular weight excluding hydrogens is 252 g/mol. The van der Waals surface area contributed by atoms with Crippen molar-refractivity contribution >= 4 is 34.4 Å². The molecule has 2 aromatic rings. The lowest BCUT2D eigenvalue weighted by Gasteiger charge is -2.03. The average molecular weight is 259 g/mol. The van der Waals surface area contributed by atoms with Gasteiger partial charge in [0, 0.05) is 13.3 Å². The molecule has 0 spiro atoms. The van der Waals surface area contributed by atoms with Gasteiger partial charge in [-0.05, 0) is 17.3 Å². The fourth-order valence-corrected chi connectivity index (χ4v) is 1.82. The number of nitrogens with two attached hydrogens (primary N) is 1. The quantitative estimate of drug-likeness (QED) is 0.612. The topological polar surface area (TPSA) is 82.0 Å². The van der Waals surface area contributed by atoms with E-state index in [0.717, 1.165) is 5.39 Å². The van der Waals surface area contributed by atoms with Gasteiger partial charge >= 0.3 is 0 Å². The average Bonchev–Trinajstić information content (AvgIpc) is 2.71. The molecule has 2 aromatic heterocycles. The summed E-state index contributed by atoms with van der Waals surface area (Å²) in [5.74, 6) is 0.279. The van der Waals surface area contributed by atoms with Gasteiger partial charge in [-0.2, -0.15) is 10.1 Å². The van der Waals surface area contributed by atoms with E-state index in [4.69, 9.17) is 17.3 Å². The van der Waals surface area contributed by atoms with Crippen molar-refractivity contribution in [3.05, 3.63) is 34.5 Å². The van der Waals surface area contributed by atoms with E-state index in [0.29, 0.717) is 16.9 Å². The maximum atomic E-state index is 5.90. The van der Waals surface area contributed by atoms with Gasteiger partial charge in [-0.25, -0.2) is 9.98 Å². The van der Waals surface area contributed by atoms with Crippen LogP contribution in [0, 0.1) is 0 Å². The Labute approximate surface area is 107 Å². The van der Waals surface area contributed by atoms with Gasteiger partial charge in [-0.15, -0.1) is 0 Å². The smallest absolute Gasteiger partial charge is 0.225 e. The molecule has 7 heteroatoms. The first kappa shape index (κ1) is 10.7. The Morgan fingerprint density at radius 1 is 1.33 bits per heavy atom. The molecule has 0 saturated carbocycles. The fraction of sp³-hybridized carbons (Fsp3) is 0.0909. The molecular formula is C11H7ClN6. The molecule has 1 aliphatic rings. The summed E-state index contributed by atoms with van der Waals surface area (Å²) >= 11 is 5.90. The summed E-state index contributed by atoms with van der Waals surface area (Å²) in [5.41, 5.74) is 13.0. The minimum Gasteiger partial charge on any atom is -0.377 e. The van der Waals surface area contributed by atoms with Crippen LogP contribution in [0.4, 0.5) is 0 Å². The molecule has 88 valence electrons. The van der Waals surface area contributed by atoms with E-state index in [-0.39, 0.29) is 11.1 Å². The van der Waals surface area contributed by atoms with Crippen molar-refractivity contribution in [1.82, 2.24) is 19.7 Å². The highest BCUT2D eigenvalue weighted by molar-refractivity contribution is 6.29. The predicted octanol–water partition coefficient (Wildman–Crippen LogP) is 1.04. The molecule has 0 unspecified atom stereocenters. The molecule has 2 N–H and O–H groups in total. The number of fused-ring (bicyclic) bond motifs is 1. The second kappa shape index (κ2) is 3.82. The number of hydrogen-bond acceptors (Lipinski definition) is 5. The summed E-state index contributed by atoms with van der Waals surface area (Å²) in [4.78, 5) is 12.3. The maximum absolute atomic E-state index is 5.90. The van der Waals surface area contributed by atoms with Gasteiger partial charge in [0.1, 0.15) is 0 Å². The molecule has 3 heterocycles. The van der Waals surface area contributed by atoms with Gasteiger partial charge < -0.3 is 5.73 Å². The van der Waals surface area contributed by atoms with Gasteiger partial charge in [0.05, 0.1) is 22.9 Å². The van der Waals surface area contributed by atoms with E-state index in [1.807, 2.05) is 0 Å². The number of aromatic nitrogens is 4. The Hall–Kier alpha value is -2.39. The standard InChI is InChI=1S/C11H7ClN6/c1-18-10-7(5-15-18)9(16-11(12)17-10)6-2-3-8(13)14-4-6/h4-5H,1H3,(H2,13,14). The van der Waals surface area contributed by atoms with Crippen molar-refractivity contribution in [2.24, 2.45) is 17.8 Å². The van der Waals surface area contributed by atoms with Crippen LogP contribution in [-0.2, 0) is 7.05 Å². The van der Waals surface area contributed by atoms with Gasteiger partial charge in [0.2, 0.25) is 5.28 Å². The van der Waals surface area contributed by atoms with Crippen molar-refractivity contribution in [2.45, 2.75) is 0 Å². The monoisotopic (exact) mass is 258 g/mol. The summed E-state index contributed by atoms with van der Waals surface area (Å²) in [6.45, 7) is 0. The minimum atomic E-state index is 0.145. The first-order valence-electron chi connectivity index (χ1n) is 5.06. The predicted molar refractivity (Wildman–Crippen MR) is 67.9 cm³/mol. The Morgan fingerprint density at radius 2 is 2.17 bits per heavy atom. The van der Waals surface area contributed by atoms with Crippen LogP contribution >= 0.6 is 11.6 Å². The zero-order chi connectivity index (χ0) is 12.7. The number of rotatable bonds is 1. The number of aliphatic imine (C=N–C) groups is 1. The third-order valence-corrected chi connectivity index (χ3v) is 2.65. The second-order valence-corrected chi connectivity index (χ2v) is 3.99. The fourth-order valence-electron chi connectivity index (χ4n) is 1.65. The molecule has 0 amide bonds. The van der Waals surface area contributed by atoms with Crippen molar-refractivity contribution < 1.29 is 0 Å². The molecule has 18 heavy (non-hydrogen) atoms. The molecule has 0 aromatic carbocycles. The first-order chi connectivity index (χ1) is 8.65. The van der Waals surface area contributed by atoms with Crippen LogP contribution in [-0.4, -0.2) is 26.0 Å². The highest BCUT2D eigenvalue weighted by Crippen LogP contribution is 2.22. The summed E-state index contributed by atoms with van der Waals surface area (Å²) in [6.07, 6.45) is 3.24. The van der Waals surface area contributed by atoms with E-state index in [9.17, 15) is 0 Å². The Bertz CT molecular complexity index is 787. The van der Waals surface area contributed by atoms with Crippen molar-refractivity contribution in [3.8, 4) is 0 Å². The highest BCUT2D eigenvalue weighted by Gasteiger charge is 2.13. The number of aryl methyl sites for hydroxylation is 1. The van der Waals surface area contributed by atoms with Crippen molar-refractivity contribution in [3.63, 3.8) is 0 Å². The summed E-state index contributed by atoms with van der Waals surface area (Å²) < 4.78 is 1.63. The summed E-state index contributed by atoms with van der Waals surface area (Å²) in [6, 6.07) is 0. The molecule has 0 aliphatic carbocycles. The maximum Gasteiger partial charge on any atom is 0.225 e. The lowest BCUT2D eigenvalue weighted by molar-refractivity contribution is 0.785. The van der Waals surface area contributed by atoms with Crippen LogP contribution in [0.1, 0.15) is 5.69 Å². The Morgan fingerprint density at radius 3 is 2.89 bits per heavy atom. The largest absolute Gasteiger partial charge is 0.377 e. The zero-order valence-corrected chi connectivity index (χ0v) is 10.1. The second-order valence-electron chi connectivity index (χ2n) is 3.65. The van der Waals surface area contributed by atoms with E-state index in [2.05, 4.69) is 31.5 Å². The van der Waals surface area contributed by atoms with Crippen LogP contribution in [0.15, 0.2) is 28.5 Å². The SMILES string of the molecule is Cn1ncc2c(C3=C=C=C(N)N=C3)nc(Cl)nc21. The zero-order valence-electron chi connectivity index (χ0n) is 9.35. The third kappa shape index (κ3) is 1.61. The molecule has 6 nitrogen and oxygen atoms in total.